The molecule has 55 heavy (non-hydrogen) atoms. The van der Waals surface area contributed by atoms with Crippen LogP contribution in [0.4, 0.5) is 13.2 Å². The highest BCUT2D eigenvalue weighted by molar-refractivity contribution is 7.26. The summed E-state index contributed by atoms with van der Waals surface area (Å²) in [6.07, 6.45) is 2.95. The zero-order valence-electron chi connectivity index (χ0n) is 29.2. The molecule has 0 spiro atoms. The van der Waals surface area contributed by atoms with Crippen LogP contribution in [-0.4, -0.2) is 24.9 Å². The molecule has 6 nitrogen and oxygen atoms in total. The van der Waals surface area contributed by atoms with E-state index in [1.54, 1.807) is 6.08 Å². The van der Waals surface area contributed by atoms with E-state index >= 15 is 0 Å². The lowest BCUT2D eigenvalue weighted by Gasteiger charge is -2.10. The Bertz CT molecular complexity index is 3000. The van der Waals surface area contributed by atoms with Gasteiger partial charge in [0.1, 0.15) is 11.2 Å². The number of alkyl halides is 3. The number of hydrogen-bond donors (Lipinski definition) is 0. The van der Waals surface area contributed by atoms with E-state index in [0.29, 0.717) is 51.3 Å². The van der Waals surface area contributed by atoms with Gasteiger partial charge >= 0.3 is 6.18 Å². The Kier molecular flexibility index (Phi) is 8.39. The number of halogens is 3. The number of fused-ring (bicyclic) bond motifs is 6. The molecule has 4 aromatic heterocycles. The van der Waals surface area contributed by atoms with Gasteiger partial charge in [0.25, 0.3) is 0 Å². The number of furan rings is 1. The Morgan fingerprint density at radius 3 is 2.18 bits per heavy atom. The fourth-order valence-electron chi connectivity index (χ4n) is 6.66. The van der Waals surface area contributed by atoms with Gasteiger partial charge in [0.2, 0.25) is 0 Å². The summed E-state index contributed by atoms with van der Waals surface area (Å²) in [5, 5.41) is 2.68. The Morgan fingerprint density at radius 1 is 0.691 bits per heavy atom. The second-order valence-corrected chi connectivity index (χ2v) is 13.8. The first kappa shape index (κ1) is 34.0. The van der Waals surface area contributed by atoms with Crippen molar-refractivity contribution in [2.24, 2.45) is 0 Å². The SMILES string of the molecule is C=C/C=C\C(=C/C)c1nc(-c2ccccc2)nc(-c2ccc3c(c2)oc2c(-c4nc(-c5ccc(C(F)(F)F)cc5)c5sc6ccccc6c5n4)cccc23)n1. The summed E-state index contributed by atoms with van der Waals surface area (Å²) >= 11 is 1.51. The van der Waals surface area contributed by atoms with Gasteiger partial charge in [-0.15, -0.1) is 11.3 Å². The van der Waals surface area contributed by atoms with Gasteiger partial charge in [-0.25, -0.2) is 24.9 Å². The number of allylic oxidation sites excluding steroid dienone is 5. The summed E-state index contributed by atoms with van der Waals surface area (Å²) in [7, 11) is 0. The van der Waals surface area contributed by atoms with Crippen molar-refractivity contribution in [3.63, 3.8) is 0 Å². The molecule has 0 radical (unpaired) electrons. The lowest BCUT2D eigenvalue weighted by atomic mass is 10.1. The van der Waals surface area contributed by atoms with E-state index in [1.807, 2.05) is 116 Å². The molecular weight excluding hydrogens is 716 g/mol. The molecule has 0 aliphatic carbocycles. The lowest BCUT2D eigenvalue weighted by Crippen LogP contribution is -2.04. The van der Waals surface area contributed by atoms with Gasteiger partial charge in [0, 0.05) is 43.1 Å². The maximum atomic E-state index is 13.5. The largest absolute Gasteiger partial charge is 0.455 e. The first-order valence-corrected chi connectivity index (χ1v) is 18.2. The van der Waals surface area contributed by atoms with E-state index in [4.69, 9.17) is 29.3 Å². The third-order valence-corrected chi connectivity index (χ3v) is 10.5. The molecule has 9 aromatic rings. The zero-order chi connectivity index (χ0) is 37.7. The smallest absolute Gasteiger partial charge is 0.416 e. The number of hydrogen-bond acceptors (Lipinski definition) is 7. The van der Waals surface area contributed by atoms with Gasteiger partial charge in [0.05, 0.1) is 27.0 Å². The summed E-state index contributed by atoms with van der Waals surface area (Å²) in [4.78, 5) is 24.7. The van der Waals surface area contributed by atoms with Crippen molar-refractivity contribution in [1.29, 1.82) is 0 Å². The molecule has 0 atom stereocenters. The molecule has 266 valence electrons. The van der Waals surface area contributed by atoms with E-state index in [9.17, 15) is 13.2 Å². The quantitative estimate of drug-likeness (QED) is 0.151. The molecule has 4 heterocycles. The number of rotatable bonds is 7. The van der Waals surface area contributed by atoms with Crippen molar-refractivity contribution in [3.8, 4) is 45.4 Å². The topological polar surface area (TPSA) is 77.6 Å². The van der Waals surface area contributed by atoms with Gasteiger partial charge in [0.15, 0.2) is 23.3 Å². The minimum absolute atomic E-state index is 0.400. The van der Waals surface area contributed by atoms with Gasteiger partial charge in [-0.2, -0.15) is 13.2 Å². The molecule has 0 N–H and O–H groups in total. The maximum Gasteiger partial charge on any atom is 0.416 e. The van der Waals surface area contributed by atoms with Crippen molar-refractivity contribution >= 4 is 59.2 Å². The highest BCUT2D eigenvalue weighted by Crippen LogP contribution is 2.42. The Hall–Kier alpha value is -6.78. The molecule has 5 aromatic carbocycles. The van der Waals surface area contributed by atoms with E-state index < -0.39 is 11.7 Å². The molecule has 0 aliphatic rings. The highest BCUT2D eigenvalue weighted by Gasteiger charge is 2.30. The summed E-state index contributed by atoms with van der Waals surface area (Å²) in [6.45, 7) is 5.73. The fraction of sp³-hybridized carbons (Fsp3) is 0.0444. The first-order chi connectivity index (χ1) is 26.8. The standard InChI is InChI=1S/C45H28F3N5OS/c1-3-5-12-26(4-2)41-51-42(28-13-7-6-8-14-28)53-43(52-41)29-21-24-31-32-16-11-17-34(39(32)54-35(31)25-29)44-49-37(27-19-22-30(23-20-27)45(46,47)48)40-38(50-44)33-15-9-10-18-36(33)55-40/h3-25H,1H2,2H3/b12-5-,26-4+. The molecule has 0 aliphatic heterocycles. The molecule has 0 saturated carbocycles. The Morgan fingerprint density at radius 2 is 1.42 bits per heavy atom. The predicted octanol–water partition coefficient (Wildman–Crippen LogP) is 12.8. The second-order valence-electron chi connectivity index (χ2n) is 12.8. The first-order valence-electron chi connectivity index (χ1n) is 17.4. The number of nitrogens with zero attached hydrogens (tertiary/aromatic N) is 5. The second kappa shape index (κ2) is 13.6. The fourth-order valence-corrected chi connectivity index (χ4v) is 7.81. The summed E-state index contributed by atoms with van der Waals surface area (Å²) in [6, 6.07) is 34.5. The van der Waals surface area contributed by atoms with Crippen LogP contribution in [0.15, 0.2) is 151 Å². The van der Waals surface area contributed by atoms with Crippen LogP contribution in [0.3, 0.4) is 0 Å². The van der Waals surface area contributed by atoms with E-state index in [2.05, 4.69) is 6.58 Å². The minimum atomic E-state index is -4.45. The lowest BCUT2D eigenvalue weighted by molar-refractivity contribution is -0.137. The van der Waals surface area contributed by atoms with Gasteiger partial charge < -0.3 is 4.42 Å². The normalized spacial score (nSPS) is 12.5. The highest BCUT2D eigenvalue weighted by atomic mass is 32.1. The Balaban J connectivity index is 1.21. The minimum Gasteiger partial charge on any atom is -0.455 e. The van der Waals surface area contributed by atoms with Crippen molar-refractivity contribution in [2.75, 3.05) is 0 Å². The summed E-state index contributed by atoms with van der Waals surface area (Å²) in [5.74, 6) is 1.94. The van der Waals surface area contributed by atoms with Crippen LogP contribution in [0.25, 0.3) is 93.2 Å². The van der Waals surface area contributed by atoms with Crippen LogP contribution in [0.1, 0.15) is 18.3 Å². The van der Waals surface area contributed by atoms with E-state index in [1.165, 1.54) is 23.5 Å². The molecule has 0 fully saturated rings. The zero-order valence-corrected chi connectivity index (χ0v) is 30.0. The van der Waals surface area contributed by atoms with Crippen LogP contribution in [-0.2, 0) is 6.18 Å². The molecule has 0 unspecified atom stereocenters. The van der Waals surface area contributed by atoms with E-state index in [-0.39, 0.29) is 0 Å². The van der Waals surface area contributed by atoms with Crippen molar-refractivity contribution < 1.29 is 17.6 Å². The number of para-hydroxylation sites is 1. The predicted molar refractivity (Wildman–Crippen MR) is 215 cm³/mol. The van der Waals surface area contributed by atoms with Crippen LogP contribution in [0, 0.1) is 0 Å². The van der Waals surface area contributed by atoms with Gasteiger partial charge in [-0.3, -0.25) is 0 Å². The summed E-state index contributed by atoms with van der Waals surface area (Å²) < 4.78 is 48.9. The Labute approximate surface area is 316 Å². The van der Waals surface area contributed by atoms with Crippen molar-refractivity contribution in [3.05, 3.63) is 158 Å². The molecule has 0 bridgehead atoms. The number of benzene rings is 5. The van der Waals surface area contributed by atoms with Crippen LogP contribution < -0.4 is 0 Å². The van der Waals surface area contributed by atoms with Crippen molar-refractivity contribution in [2.45, 2.75) is 13.1 Å². The molecular formula is C45H28F3N5OS. The molecule has 0 amide bonds. The molecule has 0 saturated heterocycles. The molecule has 10 heteroatoms. The van der Waals surface area contributed by atoms with Gasteiger partial charge in [-0.1, -0.05) is 110 Å². The van der Waals surface area contributed by atoms with Gasteiger partial charge in [-0.05, 0) is 43.3 Å². The third kappa shape index (κ3) is 6.16. The van der Waals surface area contributed by atoms with Crippen molar-refractivity contribution in [1.82, 2.24) is 24.9 Å². The molecule has 9 rings (SSSR count). The average Bonchev–Trinajstić information content (AvgIpc) is 3.79. The number of thiophene rings is 1. The monoisotopic (exact) mass is 743 g/mol. The maximum absolute atomic E-state index is 13.5. The summed E-state index contributed by atoms with van der Waals surface area (Å²) in [5.41, 5.74) is 5.38. The van der Waals surface area contributed by atoms with Crippen LogP contribution in [0.2, 0.25) is 0 Å². The number of aromatic nitrogens is 5. The average molecular weight is 744 g/mol. The van der Waals surface area contributed by atoms with Crippen LogP contribution >= 0.6 is 11.3 Å². The third-order valence-electron chi connectivity index (χ3n) is 9.35. The van der Waals surface area contributed by atoms with E-state index in [0.717, 1.165) is 59.9 Å². The van der Waals surface area contributed by atoms with Crippen LogP contribution in [0.5, 0.6) is 0 Å².